The number of para-hydroxylation sites is 1. The summed E-state index contributed by atoms with van der Waals surface area (Å²) >= 11 is 0. The second-order valence-electron chi connectivity index (χ2n) is 7.11. The van der Waals surface area contributed by atoms with E-state index in [2.05, 4.69) is 56.9 Å². The summed E-state index contributed by atoms with van der Waals surface area (Å²) in [6.07, 6.45) is 6.96. The van der Waals surface area contributed by atoms with Gasteiger partial charge in [-0.25, -0.2) is 0 Å². The molecule has 1 aromatic carbocycles. The first kappa shape index (κ1) is 15.1. The average molecular weight is 294 g/mol. The molecule has 1 aliphatic heterocycles. The van der Waals surface area contributed by atoms with Crippen molar-refractivity contribution in [3.63, 3.8) is 0 Å². The Balaban J connectivity index is 1.71. The number of aliphatic imine (C=N–C) groups is 1. The maximum atomic E-state index is 4.77. The van der Waals surface area contributed by atoms with Gasteiger partial charge in [0.25, 0.3) is 0 Å². The zero-order valence-corrected chi connectivity index (χ0v) is 14.1. The van der Waals surface area contributed by atoms with Crippen molar-refractivity contribution >= 4 is 11.4 Å². The lowest BCUT2D eigenvalue weighted by atomic mass is 9.89. The molecule has 1 atom stereocenters. The molecule has 2 heteroatoms. The van der Waals surface area contributed by atoms with Crippen molar-refractivity contribution in [2.24, 2.45) is 10.9 Å². The van der Waals surface area contributed by atoms with E-state index in [9.17, 15) is 0 Å². The van der Waals surface area contributed by atoms with Gasteiger partial charge in [-0.3, -0.25) is 4.99 Å². The molecule has 1 unspecified atom stereocenters. The second-order valence-corrected chi connectivity index (χ2v) is 7.11. The molecule has 0 saturated carbocycles. The lowest BCUT2D eigenvalue weighted by Crippen LogP contribution is -2.15. The molecular weight excluding hydrogens is 268 g/mol. The molecule has 0 amide bonds. The van der Waals surface area contributed by atoms with Crippen LogP contribution in [0.15, 0.2) is 58.7 Å². The van der Waals surface area contributed by atoms with Gasteiger partial charge in [-0.1, -0.05) is 36.8 Å². The number of rotatable bonds is 4. The number of benzene rings is 1. The molecule has 0 bridgehead atoms. The van der Waals surface area contributed by atoms with Gasteiger partial charge in [0.05, 0.1) is 11.2 Å². The highest BCUT2D eigenvalue weighted by molar-refractivity contribution is 5.88. The van der Waals surface area contributed by atoms with Crippen molar-refractivity contribution in [2.45, 2.75) is 46.1 Å². The topological polar surface area (TPSA) is 15.4 Å². The number of hydrogen-bond donors (Lipinski definition) is 0. The predicted octanol–water partition coefficient (Wildman–Crippen LogP) is 5.11. The van der Waals surface area contributed by atoms with Crippen LogP contribution < -0.4 is 0 Å². The minimum Gasteiger partial charge on any atom is -0.366 e. The fraction of sp³-hybridized carbons (Fsp3) is 0.450. The van der Waals surface area contributed by atoms with Crippen LogP contribution in [0.4, 0.5) is 5.69 Å². The van der Waals surface area contributed by atoms with E-state index in [1.54, 1.807) is 0 Å². The fourth-order valence-corrected chi connectivity index (χ4v) is 3.14. The SMILES string of the molecule is CC(=Nc1ccccc1)C(C)C1=CC=C(N2CC2(C)C)CC1. The second kappa shape index (κ2) is 5.75. The molecule has 0 aromatic heterocycles. The summed E-state index contributed by atoms with van der Waals surface area (Å²) in [4.78, 5) is 7.28. The largest absolute Gasteiger partial charge is 0.366 e. The van der Waals surface area contributed by atoms with E-state index in [-0.39, 0.29) is 0 Å². The lowest BCUT2D eigenvalue weighted by Gasteiger charge is -2.22. The Bertz CT molecular complexity index is 635. The van der Waals surface area contributed by atoms with Crippen LogP contribution in [0.1, 0.15) is 40.5 Å². The van der Waals surface area contributed by atoms with Crippen molar-refractivity contribution in [3.05, 3.63) is 53.8 Å². The van der Waals surface area contributed by atoms with E-state index < -0.39 is 0 Å². The molecule has 1 aromatic rings. The molecule has 2 aliphatic rings. The third kappa shape index (κ3) is 3.16. The van der Waals surface area contributed by atoms with Gasteiger partial charge in [0.1, 0.15) is 0 Å². The summed E-state index contributed by atoms with van der Waals surface area (Å²) < 4.78 is 0. The summed E-state index contributed by atoms with van der Waals surface area (Å²) in [6.45, 7) is 10.2. The van der Waals surface area contributed by atoms with E-state index in [0.29, 0.717) is 11.5 Å². The molecular formula is C20H26N2. The van der Waals surface area contributed by atoms with Gasteiger partial charge in [-0.05, 0) is 51.8 Å². The Kier molecular flexibility index (Phi) is 3.94. The quantitative estimate of drug-likeness (QED) is 0.556. The Morgan fingerprint density at radius 1 is 1.14 bits per heavy atom. The highest BCUT2D eigenvalue weighted by atomic mass is 15.4. The first-order valence-corrected chi connectivity index (χ1v) is 8.25. The molecule has 116 valence electrons. The van der Waals surface area contributed by atoms with Gasteiger partial charge in [0.2, 0.25) is 0 Å². The van der Waals surface area contributed by atoms with Gasteiger partial charge >= 0.3 is 0 Å². The summed E-state index contributed by atoms with van der Waals surface area (Å²) in [5.74, 6) is 0.417. The molecule has 0 radical (unpaired) electrons. The summed E-state index contributed by atoms with van der Waals surface area (Å²) in [7, 11) is 0. The predicted molar refractivity (Wildman–Crippen MR) is 94.6 cm³/mol. The summed E-state index contributed by atoms with van der Waals surface area (Å²) in [6, 6.07) is 10.2. The smallest absolute Gasteiger partial charge is 0.0629 e. The van der Waals surface area contributed by atoms with Gasteiger partial charge in [0, 0.05) is 23.9 Å². The van der Waals surface area contributed by atoms with Crippen molar-refractivity contribution in [3.8, 4) is 0 Å². The molecule has 0 spiro atoms. The molecule has 0 N–H and O–H groups in total. The van der Waals surface area contributed by atoms with E-state index in [1.807, 2.05) is 18.2 Å². The van der Waals surface area contributed by atoms with Crippen molar-refractivity contribution in [2.75, 3.05) is 6.54 Å². The Morgan fingerprint density at radius 2 is 1.82 bits per heavy atom. The van der Waals surface area contributed by atoms with E-state index in [0.717, 1.165) is 18.5 Å². The highest BCUT2D eigenvalue weighted by Gasteiger charge is 2.43. The van der Waals surface area contributed by atoms with Gasteiger partial charge in [-0.2, -0.15) is 0 Å². The Morgan fingerprint density at radius 3 is 2.36 bits per heavy atom. The van der Waals surface area contributed by atoms with Crippen molar-refractivity contribution in [1.82, 2.24) is 4.90 Å². The first-order chi connectivity index (χ1) is 10.5. The zero-order chi connectivity index (χ0) is 15.7. The molecule has 2 nitrogen and oxygen atoms in total. The van der Waals surface area contributed by atoms with Crippen LogP contribution >= 0.6 is 0 Å². The number of allylic oxidation sites excluding steroid dienone is 4. The van der Waals surface area contributed by atoms with Crippen molar-refractivity contribution < 1.29 is 0 Å². The summed E-state index contributed by atoms with van der Waals surface area (Å²) in [5.41, 5.74) is 5.62. The van der Waals surface area contributed by atoms with Crippen LogP contribution in [-0.2, 0) is 0 Å². The van der Waals surface area contributed by atoms with E-state index in [4.69, 9.17) is 4.99 Å². The molecule has 1 fully saturated rings. The standard InChI is InChI=1S/C20H26N2/c1-15(16(2)21-18-8-6-5-7-9-18)17-10-12-19(13-11-17)22-14-20(22,3)4/h5-10,12,15H,11,13-14H2,1-4H3. The first-order valence-electron chi connectivity index (χ1n) is 8.25. The third-order valence-corrected chi connectivity index (χ3v) is 4.92. The van der Waals surface area contributed by atoms with Crippen LogP contribution in [0.3, 0.4) is 0 Å². The van der Waals surface area contributed by atoms with Crippen LogP contribution in [0.5, 0.6) is 0 Å². The maximum absolute atomic E-state index is 4.77. The highest BCUT2D eigenvalue weighted by Crippen LogP contribution is 2.39. The minimum atomic E-state index is 0.382. The van der Waals surface area contributed by atoms with Gasteiger partial charge < -0.3 is 4.90 Å². The molecule has 1 aliphatic carbocycles. The molecule has 1 saturated heterocycles. The van der Waals surface area contributed by atoms with Crippen LogP contribution in [-0.4, -0.2) is 22.7 Å². The zero-order valence-electron chi connectivity index (χ0n) is 14.1. The Labute approximate surface area is 134 Å². The van der Waals surface area contributed by atoms with E-state index in [1.165, 1.54) is 23.5 Å². The van der Waals surface area contributed by atoms with Crippen molar-refractivity contribution in [1.29, 1.82) is 0 Å². The molecule has 1 heterocycles. The van der Waals surface area contributed by atoms with Crippen LogP contribution in [0, 0.1) is 5.92 Å². The van der Waals surface area contributed by atoms with E-state index >= 15 is 0 Å². The molecule has 3 rings (SSSR count). The number of hydrogen-bond acceptors (Lipinski definition) is 2. The van der Waals surface area contributed by atoms with Gasteiger partial charge in [0.15, 0.2) is 0 Å². The minimum absolute atomic E-state index is 0.382. The van der Waals surface area contributed by atoms with Gasteiger partial charge in [-0.15, -0.1) is 0 Å². The Hall–Kier alpha value is -1.83. The summed E-state index contributed by atoms with van der Waals surface area (Å²) in [5, 5.41) is 0. The lowest BCUT2D eigenvalue weighted by molar-refractivity contribution is 0.507. The normalized spacial score (nSPS) is 22.0. The average Bonchev–Trinajstić information content (AvgIpc) is 3.16. The third-order valence-electron chi connectivity index (χ3n) is 4.92. The number of nitrogens with zero attached hydrogens (tertiary/aromatic N) is 2. The monoisotopic (exact) mass is 294 g/mol. The van der Waals surface area contributed by atoms with Crippen LogP contribution in [0.2, 0.25) is 0 Å². The molecule has 22 heavy (non-hydrogen) atoms. The van der Waals surface area contributed by atoms with Crippen LogP contribution in [0.25, 0.3) is 0 Å². The fourth-order valence-electron chi connectivity index (χ4n) is 3.14. The maximum Gasteiger partial charge on any atom is 0.0629 e.